The quantitative estimate of drug-likeness (QED) is 0.491. The smallest absolute Gasteiger partial charge is 0.331 e. The van der Waals surface area contributed by atoms with Gasteiger partial charge in [0.05, 0.1) is 5.52 Å². The molecule has 0 unspecified atom stereocenters. The average Bonchev–Trinajstić information content (AvgIpc) is 3.59. The van der Waals surface area contributed by atoms with Crippen LogP contribution in [-0.2, 0) is 27.3 Å². The van der Waals surface area contributed by atoms with E-state index < -0.39 is 17.8 Å². The lowest BCUT2D eigenvalue weighted by atomic mass is 10.0. The van der Waals surface area contributed by atoms with Crippen LogP contribution in [0, 0.1) is 0 Å². The number of barbiturate groups is 1. The van der Waals surface area contributed by atoms with Crippen LogP contribution in [0.1, 0.15) is 69.4 Å². The zero-order chi connectivity index (χ0) is 24.5. The van der Waals surface area contributed by atoms with Crippen molar-refractivity contribution in [1.82, 2.24) is 20.1 Å². The Morgan fingerprint density at radius 3 is 2.51 bits per heavy atom. The fourth-order valence-electron chi connectivity index (χ4n) is 5.81. The molecule has 0 atom stereocenters. The lowest BCUT2D eigenvalue weighted by Crippen LogP contribution is -2.57. The van der Waals surface area contributed by atoms with Crippen molar-refractivity contribution in [2.45, 2.75) is 83.3 Å². The fraction of sp³-hybridized carbons (Fsp3) is 0.481. The summed E-state index contributed by atoms with van der Waals surface area (Å²) in [5, 5.41) is 6.35. The predicted octanol–water partition coefficient (Wildman–Crippen LogP) is 3.67. The normalized spacial score (nSPS) is 20.9. The third-order valence-electron chi connectivity index (χ3n) is 7.55. The molecule has 184 valence electrons. The number of aromatic nitrogens is 1. The molecule has 2 N–H and O–H groups in total. The van der Waals surface area contributed by atoms with Crippen molar-refractivity contribution in [1.29, 1.82) is 0 Å². The number of nitrogens with zero attached hydrogens (tertiary/aromatic N) is 2. The Labute approximate surface area is 204 Å². The largest absolute Gasteiger partial charge is 0.352 e. The van der Waals surface area contributed by atoms with E-state index in [1.807, 2.05) is 29.0 Å². The summed E-state index contributed by atoms with van der Waals surface area (Å²) in [6.07, 6.45) is 12.0. The molecule has 1 aromatic heterocycles. The van der Waals surface area contributed by atoms with Gasteiger partial charge in [0.1, 0.15) is 12.1 Å². The van der Waals surface area contributed by atoms with Gasteiger partial charge in [-0.25, -0.2) is 4.79 Å². The number of rotatable bonds is 6. The van der Waals surface area contributed by atoms with E-state index in [1.54, 1.807) is 6.08 Å². The molecular weight excluding hydrogens is 444 g/mol. The highest BCUT2D eigenvalue weighted by Crippen LogP contribution is 2.30. The number of hydrogen-bond acceptors (Lipinski definition) is 4. The van der Waals surface area contributed by atoms with Gasteiger partial charge in [0, 0.05) is 29.2 Å². The van der Waals surface area contributed by atoms with Crippen molar-refractivity contribution in [2.75, 3.05) is 0 Å². The second kappa shape index (κ2) is 9.68. The number of fused-ring (bicyclic) bond motifs is 1. The Bertz CT molecular complexity index is 1220. The highest BCUT2D eigenvalue weighted by molar-refractivity contribution is 6.31. The Balaban J connectivity index is 1.51. The molecule has 2 aliphatic carbocycles. The summed E-state index contributed by atoms with van der Waals surface area (Å²) in [5.74, 6) is -1.26. The molecule has 0 spiro atoms. The molecule has 1 saturated heterocycles. The highest BCUT2D eigenvalue weighted by Gasteiger charge is 2.40. The minimum atomic E-state index is -0.680. The summed E-state index contributed by atoms with van der Waals surface area (Å²) in [5.41, 5.74) is 2.65. The molecule has 8 heteroatoms. The predicted molar refractivity (Wildman–Crippen MR) is 132 cm³/mol. The van der Waals surface area contributed by atoms with Crippen molar-refractivity contribution in [3.63, 3.8) is 0 Å². The van der Waals surface area contributed by atoms with Gasteiger partial charge in [-0.15, -0.1) is 0 Å². The molecule has 5 rings (SSSR count). The number of carbonyl (C=O) groups excluding carboxylic acids is 4. The lowest BCUT2D eigenvalue weighted by molar-refractivity contribution is -0.131. The minimum Gasteiger partial charge on any atom is -0.352 e. The molecule has 2 heterocycles. The van der Waals surface area contributed by atoms with Crippen LogP contribution in [-0.4, -0.2) is 45.3 Å². The average molecular weight is 477 g/mol. The first-order chi connectivity index (χ1) is 17.0. The molecule has 35 heavy (non-hydrogen) atoms. The van der Waals surface area contributed by atoms with Gasteiger partial charge in [0.15, 0.2) is 0 Å². The maximum absolute atomic E-state index is 13.3. The van der Waals surface area contributed by atoms with E-state index in [1.165, 1.54) is 4.90 Å². The number of amides is 5. The first kappa shape index (κ1) is 23.3. The van der Waals surface area contributed by atoms with Crippen molar-refractivity contribution in [2.24, 2.45) is 0 Å². The number of nitrogens with one attached hydrogen (secondary N) is 2. The van der Waals surface area contributed by atoms with Crippen LogP contribution in [0.15, 0.2) is 30.0 Å². The van der Waals surface area contributed by atoms with E-state index in [4.69, 9.17) is 0 Å². The van der Waals surface area contributed by atoms with Crippen molar-refractivity contribution in [3.05, 3.63) is 41.1 Å². The van der Waals surface area contributed by atoms with Crippen LogP contribution >= 0.6 is 0 Å². The Kier molecular flexibility index (Phi) is 6.45. The Morgan fingerprint density at radius 1 is 1.09 bits per heavy atom. The van der Waals surface area contributed by atoms with E-state index in [9.17, 15) is 19.2 Å². The maximum atomic E-state index is 13.3. The number of carbonyl (C=O) groups is 4. The second-order valence-corrected chi connectivity index (χ2v) is 9.86. The lowest BCUT2D eigenvalue weighted by Gasteiger charge is -2.31. The van der Waals surface area contributed by atoms with E-state index in [0.29, 0.717) is 5.56 Å². The Morgan fingerprint density at radius 2 is 1.80 bits per heavy atom. The van der Waals surface area contributed by atoms with Crippen LogP contribution in [0.2, 0.25) is 0 Å². The zero-order valence-corrected chi connectivity index (χ0v) is 20.1. The first-order valence-corrected chi connectivity index (χ1v) is 12.8. The van der Waals surface area contributed by atoms with Gasteiger partial charge in [0.25, 0.3) is 11.8 Å². The summed E-state index contributed by atoms with van der Waals surface area (Å²) in [6.45, 7) is 2.23. The van der Waals surface area contributed by atoms with Gasteiger partial charge >= 0.3 is 6.03 Å². The molecule has 3 aliphatic rings. The molecule has 8 nitrogen and oxygen atoms in total. The fourth-order valence-corrected chi connectivity index (χ4v) is 5.81. The maximum Gasteiger partial charge on any atom is 0.331 e. The van der Waals surface area contributed by atoms with Gasteiger partial charge in [-0.3, -0.25) is 24.6 Å². The molecular formula is C27H32N4O4. The zero-order valence-electron chi connectivity index (χ0n) is 20.1. The SMILES string of the molecule is CCc1cccc2c(/C=C3/C(=O)NC(=O)N(C4CCCC4)C3=O)cn(CC(=O)NC3CCCC3)c12. The number of benzene rings is 1. The van der Waals surface area contributed by atoms with E-state index >= 15 is 0 Å². The number of hydrogen-bond donors (Lipinski definition) is 2. The van der Waals surface area contributed by atoms with E-state index in [0.717, 1.165) is 74.3 Å². The molecule has 5 amide bonds. The van der Waals surface area contributed by atoms with Gasteiger partial charge in [-0.2, -0.15) is 0 Å². The van der Waals surface area contributed by atoms with Crippen LogP contribution in [0.5, 0.6) is 0 Å². The molecule has 0 radical (unpaired) electrons. The first-order valence-electron chi connectivity index (χ1n) is 12.8. The van der Waals surface area contributed by atoms with Gasteiger partial charge in [-0.1, -0.05) is 50.8 Å². The standard InChI is InChI=1S/C27H32N4O4/c1-2-17-8-7-13-21-18(15-30(24(17)21)16-23(32)28-19-9-3-4-10-19)14-22-25(33)29-27(35)31(26(22)34)20-11-5-6-12-20/h7-8,13-15,19-20H,2-6,9-12,16H2,1H3,(H,28,32)(H,29,33,35)/b22-14-. The summed E-state index contributed by atoms with van der Waals surface area (Å²) in [6, 6.07) is 5.35. The summed E-state index contributed by atoms with van der Waals surface area (Å²) < 4.78 is 1.91. The summed E-state index contributed by atoms with van der Waals surface area (Å²) in [7, 11) is 0. The van der Waals surface area contributed by atoms with E-state index in [2.05, 4.69) is 17.6 Å². The molecule has 2 saturated carbocycles. The van der Waals surface area contributed by atoms with Crippen molar-refractivity contribution >= 4 is 40.7 Å². The van der Waals surface area contributed by atoms with Crippen LogP contribution in [0.25, 0.3) is 17.0 Å². The van der Waals surface area contributed by atoms with Crippen LogP contribution in [0.4, 0.5) is 4.79 Å². The monoisotopic (exact) mass is 476 g/mol. The van der Waals surface area contributed by atoms with Gasteiger partial charge in [-0.05, 0) is 43.7 Å². The third kappa shape index (κ3) is 4.49. The number of para-hydroxylation sites is 1. The third-order valence-corrected chi connectivity index (χ3v) is 7.55. The molecule has 1 aliphatic heterocycles. The molecule has 3 fully saturated rings. The highest BCUT2D eigenvalue weighted by atomic mass is 16.2. The topological polar surface area (TPSA) is 101 Å². The Hall–Kier alpha value is -3.42. The van der Waals surface area contributed by atoms with Gasteiger partial charge in [0.2, 0.25) is 5.91 Å². The van der Waals surface area contributed by atoms with Crippen LogP contribution in [0.3, 0.4) is 0 Å². The molecule has 0 bridgehead atoms. The van der Waals surface area contributed by atoms with Crippen LogP contribution < -0.4 is 10.6 Å². The second-order valence-electron chi connectivity index (χ2n) is 9.86. The van der Waals surface area contributed by atoms with Gasteiger partial charge < -0.3 is 9.88 Å². The van der Waals surface area contributed by atoms with Crippen molar-refractivity contribution < 1.29 is 19.2 Å². The minimum absolute atomic E-state index is 0.0385. The summed E-state index contributed by atoms with van der Waals surface area (Å²) >= 11 is 0. The molecule has 1 aromatic carbocycles. The number of urea groups is 1. The number of aryl methyl sites for hydroxylation is 1. The van der Waals surface area contributed by atoms with Crippen molar-refractivity contribution in [3.8, 4) is 0 Å². The summed E-state index contributed by atoms with van der Waals surface area (Å²) in [4.78, 5) is 52.5. The van der Waals surface area contributed by atoms with E-state index in [-0.39, 0.29) is 30.1 Å². The molecule has 2 aromatic rings. The number of imide groups is 2.